The number of likely N-dealkylation sites (N-methyl/N-ethyl adjacent to an activating group) is 1. The standard InChI is InChI=1S/C14H18ClN3/c1-11-14(15)10-18(17-11)9-13-5-3-12(4-6-13)7-8-16-2/h3-6,10,16H,7-9H2,1-2H3. The molecule has 0 spiro atoms. The van der Waals surface area contributed by atoms with Crippen molar-refractivity contribution >= 4 is 11.6 Å². The Bertz CT molecular complexity index is 483. The normalized spacial score (nSPS) is 10.8. The molecular formula is C14H18ClN3. The molecule has 0 radical (unpaired) electrons. The first kappa shape index (κ1) is 13.1. The van der Waals surface area contributed by atoms with Crippen LogP contribution >= 0.6 is 11.6 Å². The molecule has 1 aromatic carbocycles. The van der Waals surface area contributed by atoms with Gasteiger partial charge in [-0.15, -0.1) is 0 Å². The van der Waals surface area contributed by atoms with Gasteiger partial charge in [0.15, 0.2) is 0 Å². The summed E-state index contributed by atoms with van der Waals surface area (Å²) in [4.78, 5) is 0. The summed E-state index contributed by atoms with van der Waals surface area (Å²) in [7, 11) is 1.97. The third kappa shape index (κ3) is 3.34. The first-order valence-corrected chi connectivity index (χ1v) is 6.49. The lowest BCUT2D eigenvalue weighted by Gasteiger charge is -2.04. The average Bonchev–Trinajstić information content (AvgIpc) is 2.67. The van der Waals surface area contributed by atoms with Crippen LogP contribution in [0.3, 0.4) is 0 Å². The average molecular weight is 264 g/mol. The molecule has 0 atom stereocenters. The number of hydrogen-bond donors (Lipinski definition) is 1. The van der Waals surface area contributed by atoms with Crippen molar-refractivity contribution < 1.29 is 0 Å². The highest BCUT2D eigenvalue weighted by atomic mass is 35.5. The Morgan fingerprint density at radius 3 is 2.44 bits per heavy atom. The van der Waals surface area contributed by atoms with Crippen molar-refractivity contribution in [2.45, 2.75) is 19.9 Å². The highest BCUT2D eigenvalue weighted by Crippen LogP contribution is 2.13. The van der Waals surface area contributed by atoms with E-state index in [2.05, 4.69) is 34.7 Å². The minimum Gasteiger partial charge on any atom is -0.319 e. The molecule has 0 saturated carbocycles. The van der Waals surface area contributed by atoms with Crippen LogP contribution in [0.25, 0.3) is 0 Å². The monoisotopic (exact) mass is 263 g/mol. The fourth-order valence-electron chi connectivity index (χ4n) is 1.84. The van der Waals surface area contributed by atoms with Crippen molar-refractivity contribution in [3.63, 3.8) is 0 Å². The van der Waals surface area contributed by atoms with Gasteiger partial charge in [-0.2, -0.15) is 5.10 Å². The van der Waals surface area contributed by atoms with E-state index in [-0.39, 0.29) is 0 Å². The largest absolute Gasteiger partial charge is 0.319 e. The van der Waals surface area contributed by atoms with Crippen LogP contribution in [0.1, 0.15) is 16.8 Å². The Morgan fingerprint density at radius 1 is 1.22 bits per heavy atom. The summed E-state index contributed by atoms with van der Waals surface area (Å²) in [5.41, 5.74) is 3.47. The Morgan fingerprint density at radius 2 is 1.89 bits per heavy atom. The second kappa shape index (κ2) is 6.03. The zero-order chi connectivity index (χ0) is 13.0. The molecule has 0 aliphatic carbocycles. The van der Waals surface area contributed by atoms with E-state index in [1.165, 1.54) is 11.1 Å². The molecule has 96 valence electrons. The number of nitrogens with zero attached hydrogens (tertiary/aromatic N) is 2. The maximum Gasteiger partial charge on any atom is 0.0815 e. The molecule has 1 aromatic heterocycles. The highest BCUT2D eigenvalue weighted by molar-refractivity contribution is 6.31. The fourth-order valence-corrected chi connectivity index (χ4v) is 1.99. The van der Waals surface area contributed by atoms with Crippen LogP contribution in [0, 0.1) is 6.92 Å². The van der Waals surface area contributed by atoms with Crippen molar-refractivity contribution in [1.82, 2.24) is 15.1 Å². The molecule has 3 nitrogen and oxygen atoms in total. The van der Waals surface area contributed by atoms with Crippen molar-refractivity contribution in [3.05, 3.63) is 52.3 Å². The number of benzene rings is 1. The Labute approximate surface area is 113 Å². The zero-order valence-corrected chi connectivity index (χ0v) is 11.5. The minimum atomic E-state index is 0.723. The van der Waals surface area contributed by atoms with Crippen LogP contribution in [-0.2, 0) is 13.0 Å². The molecule has 0 aliphatic heterocycles. The van der Waals surface area contributed by atoms with E-state index < -0.39 is 0 Å². The molecule has 2 aromatic rings. The van der Waals surface area contributed by atoms with Gasteiger partial charge in [0.1, 0.15) is 0 Å². The van der Waals surface area contributed by atoms with Crippen LogP contribution in [0.15, 0.2) is 30.5 Å². The van der Waals surface area contributed by atoms with E-state index in [9.17, 15) is 0 Å². The van der Waals surface area contributed by atoms with E-state index in [0.29, 0.717) is 0 Å². The Kier molecular flexibility index (Phi) is 4.39. The van der Waals surface area contributed by atoms with Gasteiger partial charge < -0.3 is 5.32 Å². The summed E-state index contributed by atoms with van der Waals surface area (Å²) >= 11 is 5.99. The minimum absolute atomic E-state index is 0.723. The van der Waals surface area contributed by atoms with E-state index in [4.69, 9.17) is 11.6 Å². The number of rotatable bonds is 5. The predicted molar refractivity (Wildman–Crippen MR) is 75.1 cm³/mol. The summed E-state index contributed by atoms with van der Waals surface area (Å²) in [5, 5.41) is 8.23. The molecule has 0 unspecified atom stereocenters. The molecule has 4 heteroatoms. The summed E-state index contributed by atoms with van der Waals surface area (Å²) in [5.74, 6) is 0. The van der Waals surface area contributed by atoms with Crippen LogP contribution in [0.4, 0.5) is 0 Å². The number of hydrogen-bond acceptors (Lipinski definition) is 2. The third-order valence-corrected chi connectivity index (χ3v) is 3.29. The van der Waals surface area contributed by atoms with Gasteiger partial charge in [0.25, 0.3) is 0 Å². The highest BCUT2D eigenvalue weighted by Gasteiger charge is 2.02. The summed E-state index contributed by atoms with van der Waals surface area (Å²) < 4.78 is 1.88. The first-order valence-electron chi connectivity index (χ1n) is 6.11. The third-order valence-electron chi connectivity index (χ3n) is 2.92. The molecule has 0 aliphatic rings. The first-order chi connectivity index (χ1) is 8.69. The molecule has 0 fully saturated rings. The smallest absolute Gasteiger partial charge is 0.0815 e. The van der Waals surface area contributed by atoms with Crippen molar-refractivity contribution in [3.8, 4) is 0 Å². The number of aryl methyl sites for hydroxylation is 1. The second-order valence-corrected chi connectivity index (χ2v) is 4.84. The van der Waals surface area contributed by atoms with Gasteiger partial charge in [-0.3, -0.25) is 4.68 Å². The number of aromatic nitrogens is 2. The van der Waals surface area contributed by atoms with Crippen molar-refractivity contribution in [2.75, 3.05) is 13.6 Å². The lowest BCUT2D eigenvalue weighted by molar-refractivity contribution is 0.679. The van der Waals surface area contributed by atoms with Gasteiger partial charge in [-0.1, -0.05) is 35.9 Å². The predicted octanol–water partition coefficient (Wildman–Crippen LogP) is 2.66. The molecule has 0 bridgehead atoms. The van der Waals surface area contributed by atoms with Crippen molar-refractivity contribution in [2.24, 2.45) is 0 Å². The lowest BCUT2D eigenvalue weighted by atomic mass is 10.1. The quantitative estimate of drug-likeness (QED) is 0.899. The van der Waals surface area contributed by atoms with Crippen LogP contribution < -0.4 is 5.32 Å². The molecule has 1 heterocycles. The summed E-state index contributed by atoms with van der Waals surface area (Å²) in [6.45, 7) is 3.69. The van der Waals surface area contributed by atoms with Gasteiger partial charge >= 0.3 is 0 Å². The molecule has 1 N–H and O–H groups in total. The molecule has 2 rings (SSSR count). The van der Waals surface area contributed by atoms with Crippen LogP contribution in [0.2, 0.25) is 5.02 Å². The maximum atomic E-state index is 5.99. The SMILES string of the molecule is CNCCc1ccc(Cn2cc(Cl)c(C)n2)cc1. The van der Waals surface area contributed by atoms with E-state index >= 15 is 0 Å². The maximum absolute atomic E-state index is 5.99. The summed E-state index contributed by atoms with van der Waals surface area (Å²) in [6.07, 6.45) is 2.93. The van der Waals surface area contributed by atoms with E-state index in [1.807, 2.05) is 24.9 Å². The van der Waals surface area contributed by atoms with Gasteiger partial charge in [0.2, 0.25) is 0 Å². The van der Waals surface area contributed by atoms with Crippen molar-refractivity contribution in [1.29, 1.82) is 0 Å². The summed E-state index contributed by atoms with van der Waals surface area (Å²) in [6, 6.07) is 8.64. The number of halogens is 1. The van der Waals surface area contributed by atoms with Gasteiger partial charge in [0, 0.05) is 6.20 Å². The van der Waals surface area contributed by atoms with Gasteiger partial charge in [0.05, 0.1) is 17.3 Å². The zero-order valence-electron chi connectivity index (χ0n) is 10.8. The lowest BCUT2D eigenvalue weighted by Crippen LogP contribution is -2.10. The molecule has 0 saturated heterocycles. The van der Waals surface area contributed by atoms with Gasteiger partial charge in [-0.25, -0.2) is 0 Å². The Balaban J connectivity index is 2.01. The topological polar surface area (TPSA) is 29.9 Å². The number of nitrogens with one attached hydrogen (secondary N) is 1. The van der Waals surface area contributed by atoms with E-state index in [0.717, 1.165) is 30.2 Å². The van der Waals surface area contributed by atoms with E-state index in [1.54, 1.807) is 0 Å². The van der Waals surface area contributed by atoms with Gasteiger partial charge in [-0.05, 0) is 38.1 Å². The Hall–Kier alpha value is -1.32. The molecule has 18 heavy (non-hydrogen) atoms. The van der Waals surface area contributed by atoms with Crippen LogP contribution in [-0.4, -0.2) is 23.4 Å². The fraction of sp³-hybridized carbons (Fsp3) is 0.357. The second-order valence-electron chi connectivity index (χ2n) is 4.43. The molecule has 0 amide bonds. The van der Waals surface area contributed by atoms with Crippen LogP contribution in [0.5, 0.6) is 0 Å². The molecular weight excluding hydrogens is 246 g/mol.